The van der Waals surface area contributed by atoms with Gasteiger partial charge >= 0.3 is 6.03 Å². The second kappa shape index (κ2) is 6.75. The van der Waals surface area contributed by atoms with Gasteiger partial charge in [0.25, 0.3) is 0 Å². The second-order valence-corrected chi connectivity index (χ2v) is 5.15. The minimum Gasteiger partial charge on any atom is -0.307 e. The van der Waals surface area contributed by atoms with Gasteiger partial charge in [-0.2, -0.15) is 0 Å². The summed E-state index contributed by atoms with van der Waals surface area (Å²) in [4.78, 5) is 22.8. The fraction of sp³-hybridized carbons (Fsp3) is 0.333. The summed E-state index contributed by atoms with van der Waals surface area (Å²) in [5, 5.41) is 4.87. The predicted octanol–water partition coefficient (Wildman–Crippen LogP) is 3.34. The maximum absolute atomic E-state index is 11.6. The minimum atomic E-state index is -0.543. The third-order valence-electron chi connectivity index (χ3n) is 2.31. The number of halogens is 2. The van der Waals surface area contributed by atoms with Crippen molar-refractivity contribution < 1.29 is 9.59 Å². The number of anilines is 1. The van der Waals surface area contributed by atoms with Crippen LogP contribution in [0.4, 0.5) is 10.5 Å². The Morgan fingerprint density at radius 2 is 1.83 bits per heavy atom. The minimum absolute atomic E-state index is 0.118. The van der Waals surface area contributed by atoms with Crippen molar-refractivity contribution in [2.24, 2.45) is 0 Å². The van der Waals surface area contributed by atoms with Crippen LogP contribution in [0.1, 0.15) is 17.5 Å². The molecule has 1 aromatic carbocycles. The molecule has 0 unspecified atom stereocenters. The number of benzene rings is 1. The van der Waals surface area contributed by atoms with Gasteiger partial charge in [0.1, 0.15) is 0 Å². The van der Waals surface area contributed by atoms with E-state index >= 15 is 0 Å². The quantitative estimate of drug-likeness (QED) is 0.834. The molecule has 0 radical (unpaired) electrons. The van der Waals surface area contributed by atoms with Gasteiger partial charge in [-0.05, 0) is 37.1 Å². The highest BCUT2D eigenvalue weighted by atomic mass is 79.9. The SMILES string of the molecule is Cc1cc(Br)cc(C)c1NC(=O)NC(=O)CCCl. The zero-order valence-electron chi connectivity index (χ0n) is 10.1. The number of alkyl halides is 1. The summed E-state index contributed by atoms with van der Waals surface area (Å²) in [6.07, 6.45) is 0.118. The van der Waals surface area contributed by atoms with Crippen LogP contribution in [0.5, 0.6) is 0 Å². The Labute approximate surface area is 119 Å². The van der Waals surface area contributed by atoms with Gasteiger partial charge in [0, 0.05) is 22.5 Å². The lowest BCUT2D eigenvalue weighted by atomic mass is 10.1. The number of imide groups is 1. The molecule has 3 amide bonds. The Morgan fingerprint density at radius 3 is 2.33 bits per heavy atom. The molecule has 0 saturated heterocycles. The molecule has 2 N–H and O–H groups in total. The highest BCUT2D eigenvalue weighted by Gasteiger charge is 2.10. The summed E-state index contributed by atoms with van der Waals surface area (Å²) in [7, 11) is 0. The molecule has 1 aromatic rings. The number of aryl methyl sites for hydroxylation is 2. The van der Waals surface area contributed by atoms with E-state index in [1.807, 2.05) is 26.0 Å². The summed E-state index contributed by atoms with van der Waals surface area (Å²) in [6.45, 7) is 3.77. The van der Waals surface area contributed by atoms with Crippen molar-refractivity contribution in [3.05, 3.63) is 27.7 Å². The molecule has 0 aliphatic carbocycles. The number of urea groups is 1. The molecule has 98 valence electrons. The molecule has 0 aliphatic rings. The average Bonchev–Trinajstić information content (AvgIpc) is 2.23. The standard InChI is InChI=1S/C12H14BrClN2O2/c1-7-5-9(13)6-8(2)11(7)16-12(18)15-10(17)3-4-14/h5-6H,3-4H2,1-2H3,(H2,15,16,17,18). The predicted molar refractivity (Wildman–Crippen MR) is 76.1 cm³/mol. The van der Waals surface area contributed by atoms with Crippen LogP contribution in [-0.2, 0) is 4.79 Å². The van der Waals surface area contributed by atoms with Crippen LogP contribution in [-0.4, -0.2) is 17.8 Å². The Hall–Kier alpha value is -1.07. The first kappa shape index (κ1) is 15.0. The zero-order valence-corrected chi connectivity index (χ0v) is 12.5. The van der Waals surface area contributed by atoms with Crippen molar-refractivity contribution in [2.45, 2.75) is 20.3 Å². The number of carbonyl (C=O) groups excluding carboxylic acids is 2. The molecular formula is C12H14BrClN2O2. The molecule has 0 fully saturated rings. The Morgan fingerprint density at radius 1 is 1.28 bits per heavy atom. The molecule has 0 aromatic heterocycles. The molecular weight excluding hydrogens is 320 g/mol. The van der Waals surface area contributed by atoms with Gasteiger partial charge in [0.2, 0.25) is 5.91 Å². The van der Waals surface area contributed by atoms with Crippen molar-refractivity contribution in [1.82, 2.24) is 5.32 Å². The van der Waals surface area contributed by atoms with E-state index in [0.717, 1.165) is 15.6 Å². The number of nitrogens with one attached hydrogen (secondary N) is 2. The maximum Gasteiger partial charge on any atom is 0.325 e. The van der Waals surface area contributed by atoms with Crippen LogP contribution in [0, 0.1) is 13.8 Å². The average molecular weight is 334 g/mol. The largest absolute Gasteiger partial charge is 0.325 e. The van der Waals surface area contributed by atoms with Gasteiger partial charge in [-0.15, -0.1) is 11.6 Å². The van der Waals surface area contributed by atoms with E-state index in [-0.39, 0.29) is 12.3 Å². The number of carbonyl (C=O) groups is 2. The normalized spacial score (nSPS) is 10.0. The lowest BCUT2D eigenvalue weighted by Gasteiger charge is -2.12. The first-order valence-corrected chi connectivity index (χ1v) is 6.70. The monoisotopic (exact) mass is 332 g/mol. The smallest absolute Gasteiger partial charge is 0.307 e. The number of hydrogen-bond donors (Lipinski definition) is 2. The molecule has 6 heteroatoms. The fourth-order valence-electron chi connectivity index (χ4n) is 1.53. The number of hydrogen-bond acceptors (Lipinski definition) is 2. The van der Waals surface area contributed by atoms with Crippen molar-refractivity contribution in [1.29, 1.82) is 0 Å². The molecule has 0 bridgehead atoms. The van der Waals surface area contributed by atoms with Crippen molar-refractivity contribution in [3.63, 3.8) is 0 Å². The van der Waals surface area contributed by atoms with E-state index in [2.05, 4.69) is 26.6 Å². The van der Waals surface area contributed by atoms with E-state index in [0.29, 0.717) is 5.69 Å². The van der Waals surface area contributed by atoms with Crippen LogP contribution in [0.3, 0.4) is 0 Å². The van der Waals surface area contributed by atoms with E-state index in [9.17, 15) is 9.59 Å². The van der Waals surface area contributed by atoms with Crippen molar-refractivity contribution in [3.8, 4) is 0 Å². The molecule has 18 heavy (non-hydrogen) atoms. The van der Waals surface area contributed by atoms with Gasteiger partial charge in [-0.3, -0.25) is 10.1 Å². The summed E-state index contributed by atoms with van der Waals surface area (Å²) < 4.78 is 0.946. The molecule has 0 saturated carbocycles. The molecule has 4 nitrogen and oxygen atoms in total. The summed E-state index contributed by atoms with van der Waals surface area (Å²) in [5.74, 6) is -0.204. The first-order valence-electron chi connectivity index (χ1n) is 5.37. The highest BCUT2D eigenvalue weighted by Crippen LogP contribution is 2.24. The van der Waals surface area contributed by atoms with E-state index in [1.54, 1.807) is 0 Å². The molecule has 0 spiro atoms. The lowest BCUT2D eigenvalue weighted by Crippen LogP contribution is -2.34. The van der Waals surface area contributed by atoms with Gasteiger partial charge in [0.05, 0.1) is 0 Å². The van der Waals surface area contributed by atoms with Gasteiger partial charge in [-0.25, -0.2) is 4.79 Å². The maximum atomic E-state index is 11.6. The summed E-state index contributed by atoms with van der Waals surface area (Å²) in [6, 6.07) is 3.24. The van der Waals surface area contributed by atoms with Crippen LogP contribution < -0.4 is 10.6 Å². The summed E-state index contributed by atoms with van der Waals surface area (Å²) in [5.41, 5.74) is 2.54. The lowest BCUT2D eigenvalue weighted by molar-refractivity contribution is -0.119. The van der Waals surface area contributed by atoms with Gasteiger partial charge in [-0.1, -0.05) is 15.9 Å². The topological polar surface area (TPSA) is 58.2 Å². The summed E-state index contributed by atoms with van der Waals surface area (Å²) >= 11 is 8.79. The van der Waals surface area contributed by atoms with E-state index in [1.165, 1.54) is 0 Å². The molecule has 0 heterocycles. The Kier molecular flexibility index (Phi) is 5.62. The van der Waals surface area contributed by atoms with Crippen LogP contribution in [0.15, 0.2) is 16.6 Å². The van der Waals surface area contributed by atoms with Gasteiger partial charge in [0.15, 0.2) is 0 Å². The van der Waals surface area contributed by atoms with Gasteiger partial charge < -0.3 is 5.32 Å². The molecule has 0 atom stereocenters. The van der Waals surface area contributed by atoms with E-state index < -0.39 is 11.9 Å². The second-order valence-electron chi connectivity index (χ2n) is 3.86. The molecule has 1 rings (SSSR count). The Bertz CT molecular complexity index is 454. The first-order chi connectivity index (χ1) is 8.43. The van der Waals surface area contributed by atoms with E-state index in [4.69, 9.17) is 11.6 Å². The van der Waals surface area contributed by atoms with Crippen LogP contribution in [0.25, 0.3) is 0 Å². The zero-order chi connectivity index (χ0) is 13.7. The van der Waals surface area contributed by atoms with Crippen molar-refractivity contribution in [2.75, 3.05) is 11.2 Å². The van der Waals surface area contributed by atoms with Crippen molar-refractivity contribution >= 4 is 45.2 Å². The fourth-order valence-corrected chi connectivity index (χ4v) is 2.39. The third-order valence-corrected chi connectivity index (χ3v) is 2.96. The number of rotatable bonds is 3. The van der Waals surface area contributed by atoms with Crippen LogP contribution in [0.2, 0.25) is 0 Å². The Balaban J connectivity index is 2.73. The number of amides is 3. The highest BCUT2D eigenvalue weighted by molar-refractivity contribution is 9.10. The third kappa shape index (κ3) is 4.31. The van der Waals surface area contributed by atoms with Crippen LogP contribution >= 0.6 is 27.5 Å². The molecule has 0 aliphatic heterocycles.